The van der Waals surface area contributed by atoms with Crippen LogP contribution in [0.25, 0.3) is 0 Å². The van der Waals surface area contributed by atoms with Crippen LogP contribution >= 0.6 is 15.9 Å². The van der Waals surface area contributed by atoms with Crippen LogP contribution in [0.3, 0.4) is 0 Å². The number of hydrogen-bond acceptors (Lipinski definition) is 4. The zero-order valence-corrected chi connectivity index (χ0v) is 7.82. The minimum Gasteiger partial charge on any atom is -0.446 e. The fourth-order valence-corrected chi connectivity index (χ4v) is 1.05. The Morgan fingerprint density at radius 1 is 1.77 bits per heavy atom. The van der Waals surface area contributed by atoms with Gasteiger partial charge in [-0.05, 0) is 15.9 Å². The van der Waals surface area contributed by atoms with E-state index < -0.39 is 11.8 Å². The van der Waals surface area contributed by atoms with E-state index in [1.807, 2.05) is 0 Å². The van der Waals surface area contributed by atoms with Crippen LogP contribution in [0.5, 0.6) is 5.88 Å². The van der Waals surface area contributed by atoms with Crippen LogP contribution in [-0.4, -0.2) is 16.8 Å². The van der Waals surface area contributed by atoms with Gasteiger partial charge >= 0.3 is 0 Å². The average Bonchev–Trinajstić information content (AvgIpc) is 2.08. The molecule has 1 heterocycles. The lowest BCUT2D eigenvalue weighted by Gasteiger charge is -1.99. The Morgan fingerprint density at radius 3 is 3.00 bits per heavy atom. The third-order valence-electron chi connectivity index (χ3n) is 1.21. The molecule has 0 aliphatic rings. The van der Waals surface area contributed by atoms with Gasteiger partial charge in [0.2, 0.25) is 12.7 Å². The van der Waals surface area contributed by atoms with E-state index >= 15 is 0 Å². The molecule has 0 aliphatic carbocycles. The largest absolute Gasteiger partial charge is 0.446 e. The zero-order chi connectivity index (χ0) is 9.84. The molecule has 1 rings (SSSR count). The predicted molar refractivity (Wildman–Crippen MR) is 45.2 cm³/mol. The van der Waals surface area contributed by atoms with E-state index in [0.29, 0.717) is 0 Å². The summed E-state index contributed by atoms with van der Waals surface area (Å²) in [6.45, 7) is -1.06. The lowest BCUT2D eigenvalue weighted by molar-refractivity contribution is -0.385. The van der Waals surface area contributed by atoms with Crippen molar-refractivity contribution in [3.8, 4) is 5.88 Å². The number of pyridine rings is 1. The Hall–Kier alpha value is -1.24. The number of nitrogens with zero attached hydrogens (tertiary/aromatic N) is 2. The second-order valence-corrected chi connectivity index (χ2v) is 2.84. The molecule has 70 valence electrons. The molecule has 13 heavy (non-hydrogen) atoms. The number of hydrogen-bond donors (Lipinski definition) is 0. The van der Waals surface area contributed by atoms with E-state index in [1.165, 1.54) is 6.20 Å². The quantitative estimate of drug-likeness (QED) is 0.609. The molecule has 0 bridgehead atoms. The summed E-state index contributed by atoms with van der Waals surface area (Å²) in [5.74, 6) is -0.114. The maximum Gasteiger partial charge on any atom is 0.290 e. The van der Waals surface area contributed by atoms with E-state index in [-0.39, 0.29) is 16.0 Å². The molecular formula is C6H4BrFN2O3. The zero-order valence-electron chi connectivity index (χ0n) is 6.24. The molecular weight excluding hydrogens is 247 g/mol. The first-order chi connectivity index (χ1) is 6.15. The fourth-order valence-electron chi connectivity index (χ4n) is 0.684. The van der Waals surface area contributed by atoms with Crippen LogP contribution in [0, 0.1) is 10.1 Å². The maximum atomic E-state index is 11.7. The molecule has 0 radical (unpaired) electrons. The first kappa shape index (κ1) is 9.85. The Bertz CT molecular complexity index is 334. The minimum atomic E-state index is -1.06. The fraction of sp³-hybridized carbons (Fsp3) is 0.167. The number of alkyl halides is 1. The number of rotatable bonds is 3. The molecule has 0 unspecified atom stereocenters. The summed E-state index contributed by atoms with van der Waals surface area (Å²) in [7, 11) is 0. The first-order valence-corrected chi connectivity index (χ1v) is 3.93. The molecule has 0 aliphatic heterocycles. The van der Waals surface area contributed by atoms with Crippen LogP contribution < -0.4 is 4.74 Å². The molecule has 7 heteroatoms. The normalized spacial score (nSPS) is 9.69. The molecule has 1 aromatic heterocycles. The summed E-state index contributed by atoms with van der Waals surface area (Å²) in [6, 6.07) is 1.05. The Labute approximate surface area is 80.8 Å². The van der Waals surface area contributed by atoms with Gasteiger partial charge in [0.1, 0.15) is 4.47 Å². The molecule has 0 amide bonds. The molecule has 0 atom stereocenters. The Balaban J connectivity index is 3.04. The lowest BCUT2D eigenvalue weighted by atomic mass is 10.4. The lowest BCUT2D eigenvalue weighted by Crippen LogP contribution is -1.96. The predicted octanol–water partition coefficient (Wildman–Crippen LogP) is 2.06. The summed E-state index contributed by atoms with van der Waals surface area (Å²) in [5, 5.41) is 10.4. The van der Waals surface area contributed by atoms with Gasteiger partial charge in [-0.15, -0.1) is 0 Å². The van der Waals surface area contributed by atoms with Crippen molar-refractivity contribution in [2.24, 2.45) is 0 Å². The number of halogens is 2. The Morgan fingerprint density at radius 2 is 2.46 bits per heavy atom. The molecule has 1 aromatic rings. The first-order valence-electron chi connectivity index (χ1n) is 3.14. The molecule has 0 fully saturated rings. The standard InChI is InChI=1S/C6H4BrFN2O3/c7-4-2-9-6(13-3-8)1-5(4)10(11)12/h1-2H,3H2. The summed E-state index contributed by atoms with van der Waals surface area (Å²) >= 11 is 2.93. The Kier molecular flexibility index (Phi) is 3.13. The number of ether oxygens (including phenoxy) is 1. The SMILES string of the molecule is O=[N+]([O-])c1cc(OCF)ncc1Br. The topological polar surface area (TPSA) is 65.3 Å². The van der Waals surface area contributed by atoms with Crippen molar-refractivity contribution >= 4 is 21.6 Å². The van der Waals surface area contributed by atoms with Crippen LogP contribution in [0.2, 0.25) is 0 Å². The van der Waals surface area contributed by atoms with E-state index in [2.05, 4.69) is 25.7 Å². The third kappa shape index (κ3) is 2.35. The van der Waals surface area contributed by atoms with Gasteiger partial charge in [0.05, 0.1) is 17.2 Å². The molecule has 0 aromatic carbocycles. The average molecular weight is 251 g/mol. The van der Waals surface area contributed by atoms with Gasteiger partial charge in [-0.2, -0.15) is 0 Å². The molecule has 0 N–H and O–H groups in total. The van der Waals surface area contributed by atoms with Crippen molar-refractivity contribution in [1.82, 2.24) is 4.98 Å². The van der Waals surface area contributed by atoms with Crippen LogP contribution in [-0.2, 0) is 0 Å². The summed E-state index contributed by atoms with van der Waals surface area (Å²) in [6.07, 6.45) is 1.18. The highest BCUT2D eigenvalue weighted by atomic mass is 79.9. The van der Waals surface area contributed by atoms with Crippen molar-refractivity contribution in [2.75, 3.05) is 6.86 Å². The third-order valence-corrected chi connectivity index (χ3v) is 1.82. The van der Waals surface area contributed by atoms with E-state index in [4.69, 9.17) is 0 Å². The summed E-state index contributed by atoms with van der Waals surface area (Å²) in [5.41, 5.74) is -0.210. The minimum absolute atomic E-state index is 0.114. The van der Waals surface area contributed by atoms with Crippen LogP contribution in [0.4, 0.5) is 10.1 Å². The van der Waals surface area contributed by atoms with Gasteiger partial charge in [0, 0.05) is 0 Å². The summed E-state index contributed by atoms with van der Waals surface area (Å²) in [4.78, 5) is 13.4. The second kappa shape index (κ2) is 4.13. The number of aromatic nitrogens is 1. The molecule has 0 saturated heterocycles. The van der Waals surface area contributed by atoms with Gasteiger partial charge in [0.15, 0.2) is 0 Å². The van der Waals surface area contributed by atoms with Crippen LogP contribution in [0.1, 0.15) is 0 Å². The second-order valence-electron chi connectivity index (χ2n) is 1.98. The van der Waals surface area contributed by atoms with Gasteiger partial charge in [-0.1, -0.05) is 0 Å². The van der Waals surface area contributed by atoms with Crippen molar-refractivity contribution in [2.45, 2.75) is 0 Å². The van der Waals surface area contributed by atoms with E-state index in [0.717, 1.165) is 6.07 Å². The van der Waals surface area contributed by atoms with E-state index in [1.54, 1.807) is 0 Å². The van der Waals surface area contributed by atoms with E-state index in [9.17, 15) is 14.5 Å². The van der Waals surface area contributed by atoms with Crippen LogP contribution in [0.15, 0.2) is 16.7 Å². The van der Waals surface area contributed by atoms with Crippen molar-refractivity contribution < 1.29 is 14.1 Å². The maximum absolute atomic E-state index is 11.7. The van der Waals surface area contributed by atoms with Crippen molar-refractivity contribution in [3.63, 3.8) is 0 Å². The van der Waals surface area contributed by atoms with Crippen molar-refractivity contribution in [3.05, 3.63) is 26.9 Å². The highest BCUT2D eigenvalue weighted by Crippen LogP contribution is 2.26. The molecule has 0 spiro atoms. The molecule has 0 saturated carbocycles. The smallest absolute Gasteiger partial charge is 0.290 e. The highest BCUT2D eigenvalue weighted by molar-refractivity contribution is 9.10. The van der Waals surface area contributed by atoms with Gasteiger partial charge in [-0.3, -0.25) is 10.1 Å². The highest BCUT2D eigenvalue weighted by Gasteiger charge is 2.13. The van der Waals surface area contributed by atoms with Crippen molar-refractivity contribution in [1.29, 1.82) is 0 Å². The van der Waals surface area contributed by atoms with Gasteiger partial charge in [-0.25, -0.2) is 9.37 Å². The summed E-state index contributed by atoms with van der Waals surface area (Å²) < 4.78 is 16.2. The van der Waals surface area contributed by atoms with Gasteiger partial charge < -0.3 is 4.74 Å². The monoisotopic (exact) mass is 250 g/mol. The number of nitro groups is 1. The van der Waals surface area contributed by atoms with Gasteiger partial charge in [0.25, 0.3) is 5.69 Å². The molecule has 5 nitrogen and oxygen atoms in total.